The molecule has 1 aromatic carbocycles. The number of aryl methyl sites for hydroxylation is 1. The van der Waals surface area contributed by atoms with E-state index in [0.29, 0.717) is 26.6 Å². The van der Waals surface area contributed by atoms with Crippen LogP contribution in [0.5, 0.6) is 5.75 Å². The number of aromatic nitrogens is 1. The second-order valence-corrected chi connectivity index (χ2v) is 8.26. The normalized spacial score (nSPS) is 11.7. The molecule has 0 spiro atoms. The van der Waals surface area contributed by atoms with Gasteiger partial charge in [-0.1, -0.05) is 22.0 Å². The predicted octanol–water partition coefficient (Wildman–Crippen LogP) is 3.80. The van der Waals surface area contributed by atoms with Gasteiger partial charge in [0.2, 0.25) is 0 Å². The molecule has 0 fully saturated rings. The Morgan fingerprint density at radius 3 is 2.66 bits per heavy atom. The smallest absolute Gasteiger partial charge is 0.280 e. The van der Waals surface area contributed by atoms with Crippen molar-refractivity contribution in [3.05, 3.63) is 57.0 Å². The molecule has 0 radical (unpaired) electrons. The molecule has 0 aliphatic rings. The van der Waals surface area contributed by atoms with Gasteiger partial charge in [0.1, 0.15) is 10.6 Å². The first-order valence-corrected chi connectivity index (χ1v) is 10.3. The number of ketones is 1. The van der Waals surface area contributed by atoms with Crippen LogP contribution in [0.2, 0.25) is 0 Å². The van der Waals surface area contributed by atoms with E-state index in [0.717, 1.165) is 9.86 Å². The molecular formula is C20H18BrN3O4S. The van der Waals surface area contributed by atoms with E-state index >= 15 is 0 Å². The highest BCUT2D eigenvalue weighted by molar-refractivity contribution is 9.10. The van der Waals surface area contributed by atoms with Crippen LogP contribution in [0.15, 0.2) is 41.0 Å². The molecule has 2 heterocycles. The monoisotopic (exact) mass is 475 g/mol. The lowest BCUT2D eigenvalue weighted by Crippen LogP contribution is -2.47. The third-order valence-electron chi connectivity index (χ3n) is 4.18. The van der Waals surface area contributed by atoms with Crippen LogP contribution in [0.3, 0.4) is 0 Å². The molecule has 7 nitrogen and oxygen atoms in total. The number of hydrazine groups is 1. The number of carbonyl (C=O) groups excluding carboxylic acids is 3. The van der Waals surface area contributed by atoms with E-state index in [1.165, 1.54) is 24.5 Å². The second-order valence-electron chi connectivity index (χ2n) is 6.35. The SMILES string of the molecule is CC(=O)c1cnc2sc(C(=O)NNC(=O)[C@@H](C)Oc3cccc(Br)c3)c(C)c2c1. The number of nitrogens with one attached hydrogen (secondary N) is 2. The molecule has 2 N–H and O–H groups in total. The van der Waals surface area contributed by atoms with E-state index in [9.17, 15) is 14.4 Å². The van der Waals surface area contributed by atoms with E-state index in [2.05, 4.69) is 31.8 Å². The fraction of sp³-hybridized carbons (Fsp3) is 0.200. The number of nitrogens with zero attached hydrogens (tertiary/aromatic N) is 1. The summed E-state index contributed by atoms with van der Waals surface area (Å²) in [5, 5.41) is 0.741. The Morgan fingerprint density at radius 1 is 1.21 bits per heavy atom. The lowest BCUT2D eigenvalue weighted by Gasteiger charge is -2.15. The average molecular weight is 476 g/mol. The van der Waals surface area contributed by atoms with Crippen LogP contribution in [0.25, 0.3) is 10.2 Å². The maximum absolute atomic E-state index is 12.5. The van der Waals surface area contributed by atoms with E-state index in [1.54, 1.807) is 38.1 Å². The number of fused-ring (bicyclic) bond motifs is 1. The van der Waals surface area contributed by atoms with Crippen molar-refractivity contribution in [2.45, 2.75) is 26.9 Å². The molecular weight excluding hydrogens is 458 g/mol. The van der Waals surface area contributed by atoms with Crippen molar-refractivity contribution >= 4 is 55.1 Å². The summed E-state index contributed by atoms with van der Waals surface area (Å²) < 4.78 is 6.40. The Morgan fingerprint density at radius 2 is 1.97 bits per heavy atom. The largest absolute Gasteiger partial charge is 0.481 e. The average Bonchev–Trinajstić information content (AvgIpc) is 3.02. The van der Waals surface area contributed by atoms with E-state index in [-0.39, 0.29) is 5.78 Å². The van der Waals surface area contributed by atoms with Crippen molar-refractivity contribution in [2.75, 3.05) is 0 Å². The summed E-state index contributed by atoms with van der Waals surface area (Å²) in [5.41, 5.74) is 5.96. The van der Waals surface area contributed by atoms with Gasteiger partial charge in [-0.25, -0.2) is 4.98 Å². The molecule has 0 unspecified atom stereocenters. The summed E-state index contributed by atoms with van der Waals surface area (Å²) in [4.78, 5) is 41.6. The predicted molar refractivity (Wildman–Crippen MR) is 114 cm³/mol. The third-order valence-corrected chi connectivity index (χ3v) is 5.89. The fourth-order valence-electron chi connectivity index (χ4n) is 2.58. The Bertz CT molecular complexity index is 1110. The molecule has 9 heteroatoms. The van der Waals surface area contributed by atoms with Crippen LogP contribution in [0, 0.1) is 6.92 Å². The second kappa shape index (κ2) is 8.71. The number of hydrogen-bond acceptors (Lipinski definition) is 6. The van der Waals surface area contributed by atoms with Crippen LogP contribution in [-0.4, -0.2) is 28.7 Å². The van der Waals surface area contributed by atoms with Crippen molar-refractivity contribution in [1.82, 2.24) is 15.8 Å². The van der Waals surface area contributed by atoms with Crippen LogP contribution < -0.4 is 15.6 Å². The summed E-state index contributed by atoms with van der Waals surface area (Å²) in [6, 6.07) is 8.84. The zero-order valence-electron chi connectivity index (χ0n) is 15.9. The van der Waals surface area contributed by atoms with Crippen LogP contribution in [0.4, 0.5) is 0 Å². The molecule has 0 bridgehead atoms. The van der Waals surface area contributed by atoms with Gasteiger partial charge in [-0.05, 0) is 50.6 Å². The molecule has 29 heavy (non-hydrogen) atoms. The molecule has 2 amide bonds. The summed E-state index contributed by atoms with van der Waals surface area (Å²) >= 11 is 4.53. The standard InChI is InChI=1S/C20H18BrN3O4S/c1-10-16-7-13(11(2)25)9-22-20(16)29-17(10)19(27)24-23-18(26)12(3)28-15-6-4-5-14(21)8-15/h4-9,12H,1-3H3,(H,23,26)(H,24,27)/t12-/m1/s1. The van der Waals surface area contributed by atoms with Crippen molar-refractivity contribution in [3.8, 4) is 5.75 Å². The van der Waals surface area contributed by atoms with E-state index < -0.39 is 17.9 Å². The quantitative estimate of drug-likeness (QED) is 0.432. The maximum atomic E-state index is 12.5. The Balaban J connectivity index is 1.66. The molecule has 3 aromatic rings. The molecule has 3 rings (SSSR count). The van der Waals surface area contributed by atoms with Crippen LogP contribution in [0.1, 0.15) is 39.4 Å². The Hall–Kier alpha value is -2.78. The summed E-state index contributed by atoms with van der Waals surface area (Å²) in [6.45, 7) is 4.82. The zero-order valence-corrected chi connectivity index (χ0v) is 18.3. The molecule has 150 valence electrons. The van der Waals surface area contributed by atoms with Gasteiger partial charge in [0.25, 0.3) is 11.8 Å². The van der Waals surface area contributed by atoms with Gasteiger partial charge in [-0.3, -0.25) is 25.2 Å². The number of thiophene rings is 1. The van der Waals surface area contributed by atoms with E-state index in [1.807, 2.05) is 6.07 Å². The summed E-state index contributed by atoms with van der Waals surface area (Å²) in [7, 11) is 0. The van der Waals surface area contributed by atoms with Crippen molar-refractivity contribution < 1.29 is 19.1 Å². The zero-order chi connectivity index (χ0) is 21.1. The minimum absolute atomic E-state index is 0.0947. The lowest BCUT2D eigenvalue weighted by atomic mass is 10.1. The van der Waals surface area contributed by atoms with Crippen molar-refractivity contribution in [2.24, 2.45) is 0 Å². The topological polar surface area (TPSA) is 97.4 Å². The number of benzene rings is 1. The first-order valence-electron chi connectivity index (χ1n) is 8.68. The molecule has 0 aliphatic heterocycles. The van der Waals surface area contributed by atoms with Crippen molar-refractivity contribution in [1.29, 1.82) is 0 Å². The van der Waals surface area contributed by atoms with Crippen LogP contribution in [-0.2, 0) is 4.79 Å². The molecule has 0 aliphatic carbocycles. The van der Waals surface area contributed by atoms with Gasteiger partial charge >= 0.3 is 0 Å². The number of rotatable bonds is 5. The van der Waals surface area contributed by atoms with Gasteiger partial charge in [0.15, 0.2) is 11.9 Å². The minimum atomic E-state index is -0.812. The van der Waals surface area contributed by atoms with Gasteiger partial charge in [-0.2, -0.15) is 0 Å². The summed E-state index contributed by atoms with van der Waals surface area (Å²) in [6.07, 6.45) is 0.679. The molecule has 0 saturated heterocycles. The highest BCUT2D eigenvalue weighted by Gasteiger charge is 2.20. The van der Waals surface area contributed by atoms with E-state index in [4.69, 9.17) is 4.74 Å². The molecule has 1 atom stereocenters. The minimum Gasteiger partial charge on any atom is -0.481 e. The highest BCUT2D eigenvalue weighted by atomic mass is 79.9. The number of hydrogen-bond donors (Lipinski definition) is 2. The lowest BCUT2D eigenvalue weighted by molar-refractivity contribution is -0.128. The number of ether oxygens (including phenoxy) is 1. The fourth-order valence-corrected chi connectivity index (χ4v) is 3.99. The number of Topliss-reactive ketones (excluding diaryl/α,β-unsaturated/α-hetero) is 1. The van der Waals surface area contributed by atoms with Crippen LogP contribution >= 0.6 is 27.3 Å². The van der Waals surface area contributed by atoms with Gasteiger partial charge in [0.05, 0.1) is 4.88 Å². The number of halogens is 1. The number of carbonyl (C=O) groups is 3. The molecule has 2 aromatic heterocycles. The number of pyridine rings is 1. The third kappa shape index (κ3) is 4.80. The maximum Gasteiger partial charge on any atom is 0.280 e. The number of amides is 2. The molecule has 0 saturated carbocycles. The summed E-state index contributed by atoms with van der Waals surface area (Å²) in [5.74, 6) is -0.518. The highest BCUT2D eigenvalue weighted by Crippen LogP contribution is 2.29. The Kier molecular flexibility index (Phi) is 6.29. The Labute approximate surface area is 179 Å². The first kappa shape index (κ1) is 20.9. The van der Waals surface area contributed by atoms with Crippen molar-refractivity contribution in [3.63, 3.8) is 0 Å². The van der Waals surface area contributed by atoms with Gasteiger partial charge in [0, 0.05) is 21.6 Å². The van der Waals surface area contributed by atoms with Gasteiger partial charge in [-0.15, -0.1) is 11.3 Å². The van der Waals surface area contributed by atoms with Gasteiger partial charge < -0.3 is 4.74 Å². The first-order chi connectivity index (χ1) is 13.8.